The Morgan fingerprint density at radius 1 is 1.42 bits per heavy atom. The monoisotopic (exact) mass is 282 g/mol. The maximum Gasteiger partial charge on any atom is 0.321 e. The Morgan fingerprint density at radius 2 is 2.16 bits per heavy atom. The van der Waals surface area contributed by atoms with Crippen LogP contribution in [0.25, 0.3) is 0 Å². The normalized spacial score (nSPS) is 13.8. The molecule has 1 saturated carbocycles. The summed E-state index contributed by atoms with van der Waals surface area (Å²) in [5.74, 6) is -0.0739. The molecular weight excluding hydrogens is 268 g/mol. The number of hydrogen-bond donors (Lipinski definition) is 2. The van der Waals surface area contributed by atoms with Crippen LogP contribution in [-0.2, 0) is 4.79 Å². The Bertz CT molecular complexity index is 501. The number of imide groups is 1. The van der Waals surface area contributed by atoms with Crippen molar-refractivity contribution in [3.63, 3.8) is 0 Å². The Hall–Kier alpha value is -1.75. The van der Waals surface area contributed by atoms with Gasteiger partial charge in [-0.15, -0.1) is 0 Å². The molecule has 1 aromatic rings. The number of carbonyl (C=O) groups excluding carboxylic acids is 2. The minimum Gasteiger partial charge on any atom is -0.482 e. The number of ether oxygens (including phenoxy) is 1. The molecule has 6 heteroatoms. The Balaban J connectivity index is 1.78. The van der Waals surface area contributed by atoms with E-state index in [-0.39, 0.29) is 12.6 Å². The summed E-state index contributed by atoms with van der Waals surface area (Å²) >= 11 is 5.93. The Labute approximate surface area is 116 Å². The van der Waals surface area contributed by atoms with E-state index in [9.17, 15) is 9.59 Å². The predicted octanol–water partition coefficient (Wildman–Crippen LogP) is 2.02. The summed E-state index contributed by atoms with van der Waals surface area (Å²) in [6.45, 7) is 1.65. The fourth-order valence-electron chi connectivity index (χ4n) is 1.48. The van der Waals surface area contributed by atoms with E-state index in [0.717, 1.165) is 18.4 Å². The maximum absolute atomic E-state index is 11.5. The third kappa shape index (κ3) is 4.44. The van der Waals surface area contributed by atoms with Crippen LogP contribution in [0.1, 0.15) is 18.4 Å². The van der Waals surface area contributed by atoms with Gasteiger partial charge >= 0.3 is 6.03 Å². The van der Waals surface area contributed by atoms with Crippen LogP contribution in [-0.4, -0.2) is 24.6 Å². The van der Waals surface area contributed by atoms with E-state index in [1.165, 1.54) is 0 Å². The first-order valence-corrected chi connectivity index (χ1v) is 6.41. The zero-order valence-electron chi connectivity index (χ0n) is 10.5. The van der Waals surface area contributed by atoms with Gasteiger partial charge in [-0.05, 0) is 37.5 Å². The molecule has 0 spiro atoms. The number of halogens is 1. The number of urea groups is 1. The van der Waals surface area contributed by atoms with Gasteiger partial charge in [0.15, 0.2) is 6.61 Å². The zero-order valence-corrected chi connectivity index (χ0v) is 11.3. The first-order chi connectivity index (χ1) is 9.04. The number of nitrogens with one attached hydrogen (secondary N) is 2. The molecule has 1 aliphatic rings. The van der Waals surface area contributed by atoms with Crippen molar-refractivity contribution in [1.29, 1.82) is 0 Å². The molecule has 5 nitrogen and oxygen atoms in total. The van der Waals surface area contributed by atoms with E-state index in [1.54, 1.807) is 12.1 Å². The fourth-order valence-corrected chi connectivity index (χ4v) is 1.65. The highest BCUT2D eigenvalue weighted by molar-refractivity contribution is 6.32. The summed E-state index contributed by atoms with van der Waals surface area (Å²) in [4.78, 5) is 22.8. The lowest BCUT2D eigenvalue weighted by atomic mass is 10.2. The number of amides is 3. The van der Waals surface area contributed by atoms with E-state index >= 15 is 0 Å². The molecule has 2 N–H and O–H groups in total. The number of carbonyl (C=O) groups is 2. The van der Waals surface area contributed by atoms with Crippen molar-refractivity contribution in [2.45, 2.75) is 25.8 Å². The minimum absolute atomic E-state index is 0.208. The lowest BCUT2D eigenvalue weighted by molar-refractivity contribution is -0.122. The second-order valence-corrected chi connectivity index (χ2v) is 4.93. The van der Waals surface area contributed by atoms with Crippen LogP contribution in [0.15, 0.2) is 18.2 Å². The molecule has 2 rings (SSSR count). The zero-order chi connectivity index (χ0) is 13.8. The first kappa shape index (κ1) is 13.7. The largest absolute Gasteiger partial charge is 0.482 e. The van der Waals surface area contributed by atoms with Gasteiger partial charge in [0.25, 0.3) is 5.91 Å². The first-order valence-electron chi connectivity index (χ1n) is 6.04. The fraction of sp³-hybridized carbons (Fsp3) is 0.385. The molecule has 1 fully saturated rings. The van der Waals surface area contributed by atoms with E-state index in [2.05, 4.69) is 10.6 Å². The molecule has 0 atom stereocenters. The smallest absolute Gasteiger partial charge is 0.321 e. The van der Waals surface area contributed by atoms with Crippen molar-refractivity contribution in [2.24, 2.45) is 0 Å². The number of hydrogen-bond acceptors (Lipinski definition) is 3. The topological polar surface area (TPSA) is 67.4 Å². The van der Waals surface area contributed by atoms with Crippen LogP contribution in [0.5, 0.6) is 5.75 Å². The second-order valence-electron chi connectivity index (χ2n) is 4.52. The molecule has 3 amide bonds. The van der Waals surface area contributed by atoms with Gasteiger partial charge in [0.1, 0.15) is 5.75 Å². The van der Waals surface area contributed by atoms with Gasteiger partial charge in [-0.1, -0.05) is 17.7 Å². The van der Waals surface area contributed by atoms with Crippen molar-refractivity contribution in [3.8, 4) is 5.75 Å². The average molecular weight is 283 g/mol. The summed E-state index contributed by atoms with van der Waals surface area (Å²) in [7, 11) is 0. The van der Waals surface area contributed by atoms with Gasteiger partial charge in [-0.25, -0.2) is 4.79 Å². The van der Waals surface area contributed by atoms with E-state index in [4.69, 9.17) is 16.3 Å². The van der Waals surface area contributed by atoms with E-state index in [1.807, 2.05) is 13.0 Å². The van der Waals surface area contributed by atoms with Crippen LogP contribution >= 0.6 is 11.6 Å². The van der Waals surface area contributed by atoms with E-state index in [0.29, 0.717) is 10.8 Å². The lowest BCUT2D eigenvalue weighted by Crippen LogP contribution is -2.42. The predicted molar refractivity (Wildman–Crippen MR) is 71.4 cm³/mol. The number of rotatable bonds is 4. The lowest BCUT2D eigenvalue weighted by Gasteiger charge is -2.09. The maximum atomic E-state index is 11.5. The van der Waals surface area contributed by atoms with E-state index < -0.39 is 11.9 Å². The summed E-state index contributed by atoms with van der Waals surface area (Å²) in [6.07, 6.45) is 1.94. The molecule has 0 bridgehead atoms. The number of benzene rings is 1. The van der Waals surface area contributed by atoms with Gasteiger partial charge in [-0.3, -0.25) is 10.1 Å². The SMILES string of the molecule is Cc1ccc(Cl)c(OCC(=O)NC(=O)NC2CC2)c1. The average Bonchev–Trinajstić information content (AvgIpc) is 3.14. The third-order valence-electron chi connectivity index (χ3n) is 2.61. The van der Waals surface area contributed by atoms with Crippen LogP contribution in [0.2, 0.25) is 5.02 Å². The van der Waals surface area contributed by atoms with Crippen LogP contribution in [0, 0.1) is 6.92 Å². The van der Waals surface area contributed by atoms with Gasteiger partial charge < -0.3 is 10.1 Å². The van der Waals surface area contributed by atoms with Gasteiger partial charge in [0, 0.05) is 6.04 Å². The number of aryl methyl sites for hydroxylation is 1. The third-order valence-corrected chi connectivity index (χ3v) is 2.92. The molecule has 0 unspecified atom stereocenters. The van der Waals surface area contributed by atoms with Crippen LogP contribution in [0.3, 0.4) is 0 Å². The molecule has 102 valence electrons. The molecule has 0 radical (unpaired) electrons. The van der Waals surface area contributed by atoms with Crippen molar-refractivity contribution in [1.82, 2.24) is 10.6 Å². The molecule has 19 heavy (non-hydrogen) atoms. The standard InChI is InChI=1S/C13H15ClN2O3/c1-8-2-5-10(14)11(6-8)19-7-12(17)16-13(18)15-9-3-4-9/h2,5-6,9H,3-4,7H2,1H3,(H2,15,16,17,18). The molecule has 0 saturated heterocycles. The van der Waals surface area contributed by atoms with Crippen molar-refractivity contribution >= 4 is 23.5 Å². The molecule has 0 aliphatic heterocycles. The van der Waals surface area contributed by atoms with Crippen LogP contribution in [0.4, 0.5) is 4.79 Å². The second kappa shape index (κ2) is 5.93. The highest BCUT2D eigenvalue weighted by atomic mass is 35.5. The molecule has 0 aromatic heterocycles. The summed E-state index contributed by atoms with van der Waals surface area (Å²) < 4.78 is 5.28. The van der Waals surface area contributed by atoms with Crippen molar-refractivity contribution in [3.05, 3.63) is 28.8 Å². The quantitative estimate of drug-likeness (QED) is 0.888. The van der Waals surface area contributed by atoms with Gasteiger partial charge in [-0.2, -0.15) is 0 Å². The Morgan fingerprint density at radius 3 is 2.84 bits per heavy atom. The van der Waals surface area contributed by atoms with Crippen molar-refractivity contribution < 1.29 is 14.3 Å². The summed E-state index contributed by atoms with van der Waals surface area (Å²) in [5.41, 5.74) is 0.978. The minimum atomic E-state index is -0.504. The Kier molecular flexibility index (Phi) is 4.27. The highest BCUT2D eigenvalue weighted by Crippen LogP contribution is 2.25. The molecule has 1 aliphatic carbocycles. The molecule has 0 heterocycles. The van der Waals surface area contributed by atoms with Crippen molar-refractivity contribution in [2.75, 3.05) is 6.61 Å². The molecular formula is C13H15ClN2O3. The highest BCUT2D eigenvalue weighted by Gasteiger charge is 2.23. The van der Waals surface area contributed by atoms with Gasteiger partial charge in [0.05, 0.1) is 5.02 Å². The van der Waals surface area contributed by atoms with Crippen LogP contribution < -0.4 is 15.4 Å². The summed E-state index contributed by atoms with van der Waals surface area (Å²) in [6, 6.07) is 5.01. The summed E-state index contributed by atoms with van der Waals surface area (Å²) in [5, 5.41) is 5.28. The molecule has 1 aromatic carbocycles. The van der Waals surface area contributed by atoms with Gasteiger partial charge in [0.2, 0.25) is 0 Å².